The van der Waals surface area contributed by atoms with Crippen LogP contribution in [0.3, 0.4) is 0 Å². The van der Waals surface area contributed by atoms with Crippen LogP contribution in [0.5, 0.6) is 0 Å². The van der Waals surface area contributed by atoms with Crippen molar-refractivity contribution in [3.63, 3.8) is 0 Å². The normalized spacial score (nSPS) is 12.7. The van der Waals surface area contributed by atoms with Crippen LogP contribution in [-0.2, 0) is 22.5 Å². The molecule has 0 aromatic carbocycles. The van der Waals surface area contributed by atoms with Crippen LogP contribution in [-0.4, -0.2) is 39.1 Å². The molecule has 0 aliphatic rings. The molecule has 0 unspecified atom stereocenters. The average Bonchev–Trinajstić information content (AvgIpc) is 2.86. The second-order valence-corrected chi connectivity index (χ2v) is 7.29. The summed E-state index contributed by atoms with van der Waals surface area (Å²) in [6.07, 6.45) is 3.85. The number of alkyl carbamates (subject to hydrolysis) is 1. The van der Waals surface area contributed by atoms with Crippen LogP contribution in [0.15, 0.2) is 6.20 Å². The summed E-state index contributed by atoms with van der Waals surface area (Å²) in [4.78, 5) is 22.7. The number of carboxylic acids is 1. The van der Waals surface area contributed by atoms with Gasteiger partial charge in [0.05, 0.1) is 18.3 Å². The van der Waals surface area contributed by atoms with Gasteiger partial charge in [0.2, 0.25) is 0 Å². The van der Waals surface area contributed by atoms with Gasteiger partial charge in [0, 0.05) is 13.1 Å². The van der Waals surface area contributed by atoms with E-state index in [0.29, 0.717) is 13.1 Å². The minimum Gasteiger partial charge on any atom is -0.481 e. The molecule has 2 N–H and O–H groups in total. The fourth-order valence-electron chi connectivity index (χ4n) is 2.48. The number of aliphatic carboxylic acids is 1. The van der Waals surface area contributed by atoms with Crippen LogP contribution in [0, 0.1) is 0 Å². The van der Waals surface area contributed by atoms with Gasteiger partial charge in [-0.25, -0.2) is 4.79 Å². The van der Waals surface area contributed by atoms with E-state index in [-0.39, 0.29) is 12.3 Å². The maximum atomic E-state index is 11.6. The van der Waals surface area contributed by atoms with Crippen molar-refractivity contribution in [2.75, 3.05) is 6.54 Å². The molecule has 0 fully saturated rings. The van der Waals surface area contributed by atoms with Crippen LogP contribution >= 0.6 is 0 Å². The van der Waals surface area contributed by atoms with Gasteiger partial charge in [0.1, 0.15) is 5.60 Å². The average molecular weight is 353 g/mol. The lowest BCUT2D eigenvalue weighted by Gasteiger charge is -2.19. The summed E-state index contributed by atoms with van der Waals surface area (Å²) in [7, 11) is 0. The van der Waals surface area contributed by atoms with Gasteiger partial charge in [0.15, 0.2) is 0 Å². The van der Waals surface area contributed by atoms with E-state index in [2.05, 4.69) is 24.3 Å². The van der Waals surface area contributed by atoms with Crippen LogP contribution in [0.1, 0.15) is 71.1 Å². The largest absolute Gasteiger partial charge is 0.481 e. The molecule has 1 aromatic rings. The van der Waals surface area contributed by atoms with E-state index in [1.54, 1.807) is 10.9 Å². The van der Waals surface area contributed by atoms with Crippen molar-refractivity contribution < 1.29 is 19.4 Å². The molecule has 142 valence electrons. The standard InChI is InChI=1S/C18H31N3O4/c1-6-13(2)14-12-20-21(15(14)11-16(22)23)10-8-7-9-19-17(24)25-18(3,4)5/h12-13H,6-11H2,1-5H3,(H,19,24)(H,22,23)/t13-/m1/s1. The third-order valence-electron chi connectivity index (χ3n) is 3.91. The monoisotopic (exact) mass is 353 g/mol. The first-order valence-electron chi connectivity index (χ1n) is 8.87. The van der Waals surface area contributed by atoms with Gasteiger partial charge < -0.3 is 15.2 Å². The molecule has 7 heteroatoms. The molecule has 1 amide bonds. The summed E-state index contributed by atoms with van der Waals surface area (Å²) < 4.78 is 6.96. The molecule has 0 bridgehead atoms. The predicted molar refractivity (Wildman–Crippen MR) is 95.7 cm³/mol. The van der Waals surface area contributed by atoms with Crippen LogP contribution < -0.4 is 5.32 Å². The van der Waals surface area contributed by atoms with Crippen LogP contribution in [0.4, 0.5) is 4.79 Å². The first kappa shape index (κ1) is 21.0. The Kier molecular flexibility index (Phi) is 7.93. The first-order chi connectivity index (χ1) is 11.6. The number of nitrogens with one attached hydrogen (secondary N) is 1. The Morgan fingerprint density at radius 3 is 2.60 bits per heavy atom. The summed E-state index contributed by atoms with van der Waals surface area (Å²) >= 11 is 0. The number of aryl methyl sites for hydroxylation is 1. The van der Waals surface area contributed by atoms with Crippen molar-refractivity contribution in [3.05, 3.63) is 17.5 Å². The lowest BCUT2D eigenvalue weighted by Crippen LogP contribution is -2.33. The third-order valence-corrected chi connectivity index (χ3v) is 3.91. The zero-order valence-electron chi connectivity index (χ0n) is 16.0. The smallest absolute Gasteiger partial charge is 0.407 e. The van der Waals surface area contributed by atoms with Gasteiger partial charge in [-0.1, -0.05) is 13.8 Å². The summed E-state index contributed by atoms with van der Waals surface area (Å²) in [6.45, 7) is 10.8. The van der Waals surface area contributed by atoms with Gasteiger partial charge in [-0.3, -0.25) is 9.48 Å². The molecule has 7 nitrogen and oxygen atoms in total. The number of nitrogens with zero attached hydrogens (tertiary/aromatic N) is 2. The van der Waals surface area contributed by atoms with Crippen molar-refractivity contribution in [2.45, 2.75) is 78.4 Å². The molecular weight excluding hydrogens is 322 g/mol. The lowest BCUT2D eigenvalue weighted by molar-refractivity contribution is -0.136. The topological polar surface area (TPSA) is 93.5 Å². The number of carbonyl (C=O) groups is 2. The number of rotatable bonds is 9. The predicted octanol–water partition coefficient (Wildman–Crippen LogP) is 3.33. The Balaban J connectivity index is 2.50. The molecule has 0 spiro atoms. The van der Waals surface area contributed by atoms with E-state index in [4.69, 9.17) is 9.84 Å². The fraction of sp³-hybridized carbons (Fsp3) is 0.722. The van der Waals surface area contributed by atoms with Gasteiger partial charge in [-0.05, 0) is 51.5 Å². The first-order valence-corrected chi connectivity index (χ1v) is 8.87. The highest BCUT2D eigenvalue weighted by Gasteiger charge is 2.18. The second kappa shape index (κ2) is 9.44. The fourth-order valence-corrected chi connectivity index (χ4v) is 2.48. The van der Waals surface area contributed by atoms with E-state index < -0.39 is 17.7 Å². The van der Waals surface area contributed by atoms with Crippen molar-refractivity contribution in [1.29, 1.82) is 0 Å². The molecule has 1 rings (SSSR count). The van der Waals surface area contributed by atoms with Gasteiger partial charge in [-0.15, -0.1) is 0 Å². The van der Waals surface area contributed by atoms with E-state index in [1.807, 2.05) is 20.8 Å². The van der Waals surface area contributed by atoms with Gasteiger partial charge in [0.25, 0.3) is 0 Å². The minimum absolute atomic E-state index is 0.0180. The third kappa shape index (κ3) is 7.58. The Morgan fingerprint density at radius 2 is 2.04 bits per heavy atom. The quantitative estimate of drug-likeness (QED) is 0.664. The number of carbonyl (C=O) groups excluding carboxylic acids is 1. The highest BCUT2D eigenvalue weighted by molar-refractivity contribution is 5.70. The number of aromatic nitrogens is 2. The number of hydrogen-bond acceptors (Lipinski definition) is 4. The van der Waals surface area contributed by atoms with Crippen LogP contribution in [0.25, 0.3) is 0 Å². The Bertz CT molecular complexity index is 575. The Morgan fingerprint density at radius 1 is 1.36 bits per heavy atom. The molecule has 0 saturated heterocycles. The molecule has 0 saturated carbocycles. The van der Waals surface area contributed by atoms with Gasteiger partial charge in [-0.2, -0.15) is 5.10 Å². The molecule has 25 heavy (non-hydrogen) atoms. The molecule has 0 radical (unpaired) electrons. The van der Waals surface area contributed by atoms with E-state index in [9.17, 15) is 9.59 Å². The van der Waals surface area contributed by atoms with Crippen molar-refractivity contribution >= 4 is 12.1 Å². The zero-order chi connectivity index (χ0) is 19.0. The molecule has 0 aliphatic carbocycles. The van der Waals surface area contributed by atoms with Crippen molar-refractivity contribution in [1.82, 2.24) is 15.1 Å². The summed E-state index contributed by atoms with van der Waals surface area (Å²) in [5.74, 6) is -0.560. The highest BCUT2D eigenvalue weighted by Crippen LogP contribution is 2.23. The minimum atomic E-state index is -0.849. The number of amides is 1. The molecule has 1 heterocycles. The zero-order valence-corrected chi connectivity index (χ0v) is 16.0. The van der Waals surface area contributed by atoms with E-state index in [0.717, 1.165) is 30.5 Å². The maximum absolute atomic E-state index is 11.6. The summed E-state index contributed by atoms with van der Waals surface area (Å²) in [5, 5.41) is 16.2. The molecular formula is C18H31N3O4. The lowest BCUT2D eigenvalue weighted by atomic mass is 9.98. The number of hydrogen-bond donors (Lipinski definition) is 2. The molecule has 1 aromatic heterocycles. The molecule has 0 aliphatic heterocycles. The number of unbranched alkanes of at least 4 members (excludes halogenated alkanes) is 1. The van der Waals surface area contributed by atoms with E-state index in [1.165, 1.54) is 0 Å². The number of ether oxygens (including phenoxy) is 1. The Hall–Kier alpha value is -2.05. The SMILES string of the molecule is CC[C@@H](C)c1cnn(CCCCNC(=O)OC(C)(C)C)c1CC(=O)O. The van der Waals surface area contributed by atoms with Gasteiger partial charge >= 0.3 is 12.1 Å². The summed E-state index contributed by atoms with van der Waals surface area (Å²) in [6, 6.07) is 0. The number of carboxylic acid groups (broad SMARTS) is 1. The molecule has 1 atom stereocenters. The second-order valence-electron chi connectivity index (χ2n) is 7.29. The Labute approximate surface area is 149 Å². The maximum Gasteiger partial charge on any atom is 0.407 e. The van der Waals surface area contributed by atoms with Crippen molar-refractivity contribution in [2.24, 2.45) is 0 Å². The van der Waals surface area contributed by atoms with Crippen LogP contribution in [0.2, 0.25) is 0 Å². The summed E-state index contributed by atoms with van der Waals surface area (Å²) in [5.41, 5.74) is 1.29. The highest BCUT2D eigenvalue weighted by atomic mass is 16.6. The van der Waals surface area contributed by atoms with E-state index >= 15 is 0 Å². The van der Waals surface area contributed by atoms with Crippen molar-refractivity contribution in [3.8, 4) is 0 Å².